The van der Waals surface area contributed by atoms with Crippen LogP contribution in [0.1, 0.15) is 19.3 Å². The minimum absolute atomic E-state index is 0.281. The Morgan fingerprint density at radius 2 is 2.15 bits per heavy atom. The van der Waals surface area contributed by atoms with Crippen LogP contribution in [0.4, 0.5) is 4.79 Å². The molecule has 2 N–H and O–H groups in total. The molecule has 0 saturated heterocycles. The number of amides is 1. The minimum atomic E-state index is -0.331. The zero-order chi connectivity index (χ0) is 9.73. The predicted octanol–water partition coefficient (Wildman–Crippen LogP) is 0.732. The maximum absolute atomic E-state index is 10.8. The van der Waals surface area contributed by atoms with E-state index in [-0.39, 0.29) is 11.5 Å². The molecule has 0 heterocycles. The standard InChI is InChI=1S/C9H18N2O2/c1-10-6-9(4-3-5-9)7-11-8(12)13-2/h10H,3-7H2,1-2H3,(H,11,12). The molecule has 0 aromatic heterocycles. The van der Waals surface area contributed by atoms with Crippen LogP contribution in [-0.4, -0.2) is 33.3 Å². The highest BCUT2D eigenvalue weighted by molar-refractivity contribution is 5.66. The Morgan fingerprint density at radius 1 is 1.46 bits per heavy atom. The first-order valence-electron chi connectivity index (χ1n) is 4.69. The largest absolute Gasteiger partial charge is 0.453 e. The van der Waals surface area contributed by atoms with E-state index in [1.54, 1.807) is 0 Å². The summed E-state index contributed by atoms with van der Waals surface area (Å²) in [5.41, 5.74) is 0.281. The van der Waals surface area contributed by atoms with Gasteiger partial charge in [-0.1, -0.05) is 6.42 Å². The van der Waals surface area contributed by atoms with Gasteiger partial charge in [-0.2, -0.15) is 0 Å². The lowest BCUT2D eigenvalue weighted by Crippen LogP contribution is -2.47. The van der Waals surface area contributed by atoms with Crippen molar-refractivity contribution in [1.29, 1.82) is 0 Å². The molecule has 0 aliphatic heterocycles. The smallest absolute Gasteiger partial charge is 0.406 e. The van der Waals surface area contributed by atoms with E-state index in [2.05, 4.69) is 15.4 Å². The van der Waals surface area contributed by atoms with E-state index < -0.39 is 0 Å². The van der Waals surface area contributed by atoms with Crippen molar-refractivity contribution < 1.29 is 9.53 Å². The van der Waals surface area contributed by atoms with Crippen molar-refractivity contribution in [2.45, 2.75) is 19.3 Å². The van der Waals surface area contributed by atoms with Gasteiger partial charge in [0.15, 0.2) is 0 Å². The van der Waals surface area contributed by atoms with E-state index >= 15 is 0 Å². The van der Waals surface area contributed by atoms with Crippen LogP contribution in [-0.2, 0) is 4.74 Å². The SMILES string of the molecule is CNCC1(CNC(=O)OC)CCC1. The molecule has 0 unspecified atom stereocenters. The number of hydrogen-bond donors (Lipinski definition) is 2. The molecular formula is C9H18N2O2. The lowest BCUT2D eigenvalue weighted by Gasteiger charge is -2.41. The van der Waals surface area contributed by atoms with Crippen LogP contribution in [0.25, 0.3) is 0 Å². The van der Waals surface area contributed by atoms with E-state index in [4.69, 9.17) is 0 Å². The maximum atomic E-state index is 10.8. The molecule has 0 bridgehead atoms. The second-order valence-electron chi connectivity index (χ2n) is 3.73. The van der Waals surface area contributed by atoms with Gasteiger partial charge in [-0.05, 0) is 19.9 Å². The summed E-state index contributed by atoms with van der Waals surface area (Å²) in [6, 6.07) is 0. The number of rotatable bonds is 4. The third-order valence-corrected chi connectivity index (χ3v) is 2.76. The molecule has 4 heteroatoms. The Hall–Kier alpha value is -0.770. The monoisotopic (exact) mass is 186 g/mol. The lowest BCUT2D eigenvalue weighted by molar-refractivity contribution is 0.118. The van der Waals surface area contributed by atoms with E-state index in [0.717, 1.165) is 13.1 Å². The highest BCUT2D eigenvalue weighted by atomic mass is 16.5. The fraction of sp³-hybridized carbons (Fsp3) is 0.889. The third kappa shape index (κ3) is 2.59. The Bertz CT molecular complexity index is 178. The molecule has 1 rings (SSSR count). The molecule has 1 saturated carbocycles. The van der Waals surface area contributed by atoms with Crippen LogP contribution in [0.3, 0.4) is 0 Å². The number of methoxy groups -OCH3 is 1. The number of nitrogens with one attached hydrogen (secondary N) is 2. The first-order valence-corrected chi connectivity index (χ1v) is 4.69. The van der Waals surface area contributed by atoms with Crippen molar-refractivity contribution >= 4 is 6.09 Å². The molecule has 0 aromatic rings. The summed E-state index contributed by atoms with van der Waals surface area (Å²) in [5, 5.41) is 5.92. The van der Waals surface area contributed by atoms with Crippen molar-refractivity contribution in [1.82, 2.24) is 10.6 Å². The number of carbonyl (C=O) groups excluding carboxylic acids is 1. The summed E-state index contributed by atoms with van der Waals surface area (Å²) in [5.74, 6) is 0. The zero-order valence-electron chi connectivity index (χ0n) is 8.35. The van der Waals surface area contributed by atoms with Gasteiger partial charge in [0.2, 0.25) is 0 Å². The number of ether oxygens (including phenoxy) is 1. The molecule has 0 atom stereocenters. The number of hydrogen-bond acceptors (Lipinski definition) is 3. The van der Waals surface area contributed by atoms with Crippen molar-refractivity contribution in [3.8, 4) is 0 Å². The second kappa shape index (κ2) is 4.46. The van der Waals surface area contributed by atoms with Gasteiger partial charge in [-0.15, -0.1) is 0 Å². The van der Waals surface area contributed by atoms with Gasteiger partial charge in [0.05, 0.1) is 7.11 Å². The maximum Gasteiger partial charge on any atom is 0.406 e. The molecule has 76 valence electrons. The van der Waals surface area contributed by atoms with E-state index in [1.165, 1.54) is 26.4 Å². The normalized spacial score (nSPS) is 18.9. The van der Waals surface area contributed by atoms with Crippen LogP contribution in [0.5, 0.6) is 0 Å². The van der Waals surface area contributed by atoms with Gasteiger partial charge in [0.1, 0.15) is 0 Å². The van der Waals surface area contributed by atoms with Crippen molar-refractivity contribution in [3.63, 3.8) is 0 Å². The van der Waals surface area contributed by atoms with Gasteiger partial charge in [0, 0.05) is 18.5 Å². The highest BCUT2D eigenvalue weighted by Gasteiger charge is 2.36. The molecule has 1 aliphatic carbocycles. The summed E-state index contributed by atoms with van der Waals surface area (Å²) in [6.45, 7) is 1.69. The summed E-state index contributed by atoms with van der Waals surface area (Å²) < 4.78 is 4.52. The van der Waals surface area contributed by atoms with E-state index in [9.17, 15) is 4.79 Å². The topological polar surface area (TPSA) is 50.4 Å². The molecule has 0 radical (unpaired) electrons. The zero-order valence-corrected chi connectivity index (χ0v) is 8.35. The van der Waals surface area contributed by atoms with Gasteiger partial charge < -0.3 is 15.4 Å². The van der Waals surface area contributed by atoms with Gasteiger partial charge in [-0.25, -0.2) is 4.79 Å². The van der Waals surface area contributed by atoms with E-state index in [0.29, 0.717) is 0 Å². The minimum Gasteiger partial charge on any atom is -0.453 e. The van der Waals surface area contributed by atoms with Crippen LogP contribution < -0.4 is 10.6 Å². The second-order valence-corrected chi connectivity index (χ2v) is 3.73. The number of alkyl carbamates (subject to hydrolysis) is 1. The molecule has 13 heavy (non-hydrogen) atoms. The average Bonchev–Trinajstić information content (AvgIpc) is 2.09. The molecule has 4 nitrogen and oxygen atoms in total. The molecule has 0 spiro atoms. The van der Waals surface area contributed by atoms with Gasteiger partial charge in [0.25, 0.3) is 0 Å². The lowest BCUT2D eigenvalue weighted by atomic mass is 9.68. The van der Waals surface area contributed by atoms with Crippen molar-refractivity contribution in [2.24, 2.45) is 5.41 Å². The fourth-order valence-corrected chi connectivity index (χ4v) is 1.80. The van der Waals surface area contributed by atoms with Gasteiger partial charge >= 0.3 is 6.09 Å². The van der Waals surface area contributed by atoms with Crippen LogP contribution in [0.2, 0.25) is 0 Å². The van der Waals surface area contributed by atoms with E-state index in [1.807, 2.05) is 7.05 Å². The Kier molecular flexibility index (Phi) is 3.54. The van der Waals surface area contributed by atoms with Gasteiger partial charge in [-0.3, -0.25) is 0 Å². The number of carbonyl (C=O) groups is 1. The Balaban J connectivity index is 2.27. The van der Waals surface area contributed by atoms with Crippen LogP contribution >= 0.6 is 0 Å². The Labute approximate surface area is 79.0 Å². The van der Waals surface area contributed by atoms with Crippen molar-refractivity contribution in [3.05, 3.63) is 0 Å². The summed E-state index contributed by atoms with van der Waals surface area (Å²) >= 11 is 0. The molecule has 0 aromatic carbocycles. The average molecular weight is 186 g/mol. The summed E-state index contributed by atoms with van der Waals surface area (Å²) in [6.07, 6.45) is 3.32. The van der Waals surface area contributed by atoms with Crippen LogP contribution in [0, 0.1) is 5.41 Å². The molecule has 1 amide bonds. The first-order chi connectivity index (χ1) is 6.22. The summed E-state index contributed by atoms with van der Waals surface area (Å²) in [7, 11) is 3.33. The fourth-order valence-electron chi connectivity index (χ4n) is 1.80. The Morgan fingerprint density at radius 3 is 2.54 bits per heavy atom. The highest BCUT2D eigenvalue weighted by Crippen LogP contribution is 2.39. The summed E-state index contributed by atoms with van der Waals surface area (Å²) in [4.78, 5) is 10.8. The quantitative estimate of drug-likeness (QED) is 0.680. The molecule has 1 aliphatic rings. The molecular weight excluding hydrogens is 168 g/mol. The predicted molar refractivity (Wildman–Crippen MR) is 50.6 cm³/mol. The molecule has 1 fully saturated rings. The van der Waals surface area contributed by atoms with Crippen LogP contribution in [0.15, 0.2) is 0 Å². The van der Waals surface area contributed by atoms with Crippen molar-refractivity contribution in [2.75, 3.05) is 27.2 Å². The third-order valence-electron chi connectivity index (χ3n) is 2.76. The first kappa shape index (κ1) is 10.3.